The number of hydrogen-bond acceptors (Lipinski definition) is 5. The molecule has 1 N–H and O–H groups in total. The van der Waals surface area contributed by atoms with Crippen molar-refractivity contribution in [3.8, 4) is 5.88 Å². The lowest BCUT2D eigenvalue weighted by atomic mass is 10.3. The van der Waals surface area contributed by atoms with Gasteiger partial charge in [0.25, 0.3) is 0 Å². The van der Waals surface area contributed by atoms with Crippen molar-refractivity contribution in [1.82, 2.24) is 9.97 Å². The van der Waals surface area contributed by atoms with Gasteiger partial charge in [0.2, 0.25) is 11.8 Å². The highest BCUT2D eigenvalue weighted by Crippen LogP contribution is 2.09. The molecule has 0 aliphatic rings. The summed E-state index contributed by atoms with van der Waals surface area (Å²) in [7, 11) is -0.757. The number of ether oxygens (including phenoxy) is 1. The van der Waals surface area contributed by atoms with Gasteiger partial charge in [-0.25, -0.2) is 4.98 Å². The van der Waals surface area contributed by atoms with Crippen LogP contribution in [-0.2, 0) is 10.8 Å². The molecule has 1 aromatic rings. The zero-order chi connectivity index (χ0) is 12.7. The van der Waals surface area contributed by atoms with Crippen LogP contribution in [0.25, 0.3) is 0 Å². The van der Waals surface area contributed by atoms with Crippen molar-refractivity contribution in [3.05, 3.63) is 12.3 Å². The first kappa shape index (κ1) is 13.9. The summed E-state index contributed by atoms with van der Waals surface area (Å²) in [4.78, 5) is 8.32. The van der Waals surface area contributed by atoms with Crippen LogP contribution in [0.4, 0.5) is 5.95 Å². The van der Waals surface area contributed by atoms with Crippen LogP contribution in [0, 0.1) is 0 Å². The second kappa shape index (κ2) is 7.21. The van der Waals surface area contributed by atoms with Crippen LogP contribution < -0.4 is 10.1 Å². The van der Waals surface area contributed by atoms with E-state index in [2.05, 4.69) is 15.3 Å². The summed E-state index contributed by atoms with van der Waals surface area (Å²) < 4.78 is 16.3. The van der Waals surface area contributed by atoms with Crippen LogP contribution in [0.5, 0.6) is 5.88 Å². The molecule has 0 aliphatic heterocycles. The maximum atomic E-state index is 11.0. The fourth-order valence-electron chi connectivity index (χ4n) is 1.28. The first-order valence-electron chi connectivity index (χ1n) is 5.64. The van der Waals surface area contributed by atoms with Crippen molar-refractivity contribution >= 4 is 16.7 Å². The molecule has 0 aromatic carbocycles. The minimum Gasteiger partial charge on any atom is -0.478 e. The Balaban J connectivity index is 2.49. The van der Waals surface area contributed by atoms with Crippen LogP contribution in [0.1, 0.15) is 20.3 Å². The highest BCUT2D eigenvalue weighted by atomic mass is 32.2. The van der Waals surface area contributed by atoms with Gasteiger partial charge in [0.1, 0.15) is 0 Å². The normalized spacial score (nSPS) is 14.1. The Morgan fingerprint density at radius 1 is 1.59 bits per heavy atom. The van der Waals surface area contributed by atoms with E-state index < -0.39 is 10.8 Å². The predicted octanol–water partition coefficient (Wildman–Crippen LogP) is 1.44. The van der Waals surface area contributed by atoms with Gasteiger partial charge in [-0.1, -0.05) is 0 Å². The summed E-state index contributed by atoms with van der Waals surface area (Å²) in [5.74, 6) is 1.79. The SMILES string of the molecule is CCOc1ccnc(NC(C)CCS(C)=O)n1. The monoisotopic (exact) mass is 257 g/mol. The van der Waals surface area contributed by atoms with Gasteiger partial charge in [-0.05, 0) is 20.3 Å². The summed E-state index contributed by atoms with van der Waals surface area (Å²) in [6, 6.07) is 1.91. The molecule has 2 atom stereocenters. The predicted molar refractivity (Wildman–Crippen MR) is 69.8 cm³/mol. The maximum Gasteiger partial charge on any atom is 0.226 e. The largest absolute Gasteiger partial charge is 0.478 e. The van der Waals surface area contributed by atoms with E-state index >= 15 is 0 Å². The number of aromatic nitrogens is 2. The van der Waals surface area contributed by atoms with Crippen molar-refractivity contribution in [2.24, 2.45) is 0 Å². The van der Waals surface area contributed by atoms with Gasteiger partial charge in [0, 0.05) is 41.1 Å². The summed E-state index contributed by atoms with van der Waals surface area (Å²) in [5.41, 5.74) is 0. The summed E-state index contributed by atoms with van der Waals surface area (Å²) in [6.07, 6.45) is 4.19. The molecule has 1 heterocycles. The summed E-state index contributed by atoms with van der Waals surface area (Å²) in [6.45, 7) is 4.51. The van der Waals surface area contributed by atoms with Crippen LogP contribution in [-0.4, -0.2) is 38.8 Å². The molecule has 0 amide bonds. The molecule has 96 valence electrons. The summed E-state index contributed by atoms with van der Waals surface area (Å²) >= 11 is 0. The minimum absolute atomic E-state index is 0.191. The Hall–Kier alpha value is -1.17. The van der Waals surface area contributed by atoms with Gasteiger partial charge in [0.15, 0.2) is 0 Å². The fourth-order valence-corrected chi connectivity index (χ4v) is 1.96. The lowest BCUT2D eigenvalue weighted by Gasteiger charge is -2.13. The van der Waals surface area contributed by atoms with E-state index in [-0.39, 0.29) is 6.04 Å². The van der Waals surface area contributed by atoms with Crippen LogP contribution in [0.15, 0.2) is 12.3 Å². The summed E-state index contributed by atoms with van der Waals surface area (Å²) in [5, 5.41) is 3.16. The molecule has 0 fully saturated rings. The topological polar surface area (TPSA) is 64.1 Å². The van der Waals surface area contributed by atoms with Crippen LogP contribution in [0.2, 0.25) is 0 Å². The molecular formula is C11H19N3O2S. The van der Waals surface area contributed by atoms with Gasteiger partial charge in [-0.2, -0.15) is 4.98 Å². The highest BCUT2D eigenvalue weighted by Gasteiger charge is 2.06. The average molecular weight is 257 g/mol. The minimum atomic E-state index is -0.757. The second-order valence-corrected chi connectivity index (χ2v) is 5.32. The highest BCUT2D eigenvalue weighted by molar-refractivity contribution is 7.84. The first-order chi connectivity index (χ1) is 8.11. The Morgan fingerprint density at radius 3 is 3.00 bits per heavy atom. The Kier molecular flexibility index (Phi) is 5.90. The fraction of sp³-hybridized carbons (Fsp3) is 0.636. The maximum absolute atomic E-state index is 11.0. The zero-order valence-electron chi connectivity index (χ0n) is 10.5. The van der Waals surface area contributed by atoms with Gasteiger partial charge in [0.05, 0.1) is 6.61 Å². The third-order valence-corrected chi connectivity index (χ3v) is 2.95. The van der Waals surface area contributed by atoms with E-state index in [4.69, 9.17) is 4.74 Å². The van der Waals surface area contributed by atoms with E-state index in [1.165, 1.54) is 0 Å². The number of rotatable bonds is 7. The third kappa shape index (κ3) is 5.63. The van der Waals surface area contributed by atoms with Gasteiger partial charge < -0.3 is 10.1 Å². The van der Waals surface area contributed by atoms with E-state index in [9.17, 15) is 4.21 Å². The standard InChI is InChI=1S/C11H19N3O2S/c1-4-16-10-5-7-12-11(14-10)13-9(2)6-8-17(3)15/h5,7,9H,4,6,8H2,1-3H3,(H,12,13,14). The van der Waals surface area contributed by atoms with E-state index in [0.29, 0.717) is 24.2 Å². The molecule has 0 spiro atoms. The van der Waals surface area contributed by atoms with Crippen molar-refractivity contribution in [2.45, 2.75) is 26.3 Å². The average Bonchev–Trinajstić information content (AvgIpc) is 2.27. The van der Waals surface area contributed by atoms with E-state index in [0.717, 1.165) is 6.42 Å². The molecule has 5 nitrogen and oxygen atoms in total. The van der Waals surface area contributed by atoms with Crippen molar-refractivity contribution in [3.63, 3.8) is 0 Å². The number of nitrogens with one attached hydrogen (secondary N) is 1. The van der Waals surface area contributed by atoms with Crippen molar-refractivity contribution in [2.75, 3.05) is 23.9 Å². The van der Waals surface area contributed by atoms with Crippen LogP contribution >= 0.6 is 0 Å². The third-order valence-electron chi connectivity index (χ3n) is 2.14. The molecule has 2 unspecified atom stereocenters. The van der Waals surface area contributed by atoms with Crippen molar-refractivity contribution < 1.29 is 8.95 Å². The van der Waals surface area contributed by atoms with Gasteiger partial charge >= 0.3 is 0 Å². The van der Waals surface area contributed by atoms with Crippen LogP contribution in [0.3, 0.4) is 0 Å². The number of hydrogen-bond donors (Lipinski definition) is 1. The molecule has 6 heteroatoms. The quantitative estimate of drug-likeness (QED) is 0.801. The molecule has 17 heavy (non-hydrogen) atoms. The molecule has 1 aromatic heterocycles. The lowest BCUT2D eigenvalue weighted by Crippen LogP contribution is -2.19. The molecule has 1 rings (SSSR count). The van der Waals surface area contributed by atoms with Gasteiger partial charge in [-0.3, -0.25) is 4.21 Å². The smallest absolute Gasteiger partial charge is 0.226 e. The number of anilines is 1. The zero-order valence-corrected chi connectivity index (χ0v) is 11.3. The Bertz CT molecular complexity index is 373. The van der Waals surface area contributed by atoms with Gasteiger partial charge in [-0.15, -0.1) is 0 Å². The number of nitrogens with zero attached hydrogens (tertiary/aromatic N) is 2. The first-order valence-corrected chi connectivity index (χ1v) is 7.37. The molecule has 0 bridgehead atoms. The van der Waals surface area contributed by atoms with E-state index in [1.54, 1.807) is 18.5 Å². The molecular weight excluding hydrogens is 238 g/mol. The second-order valence-electron chi connectivity index (χ2n) is 3.76. The molecule has 0 saturated carbocycles. The molecule has 0 saturated heterocycles. The Morgan fingerprint density at radius 2 is 2.35 bits per heavy atom. The Labute approximate surface area is 104 Å². The molecule has 0 aliphatic carbocycles. The lowest BCUT2D eigenvalue weighted by molar-refractivity contribution is 0.326. The molecule has 0 radical (unpaired) electrons. The van der Waals surface area contributed by atoms with Crippen molar-refractivity contribution in [1.29, 1.82) is 0 Å². The van der Waals surface area contributed by atoms with E-state index in [1.807, 2.05) is 13.8 Å².